The molecule has 2 aliphatic rings. The molecule has 0 saturated carbocycles. The quantitative estimate of drug-likeness (QED) is 0.660. The third kappa shape index (κ3) is 5.03. The van der Waals surface area contributed by atoms with Crippen molar-refractivity contribution in [2.75, 3.05) is 31.8 Å². The van der Waals surface area contributed by atoms with Crippen molar-refractivity contribution in [3.8, 4) is 11.5 Å². The van der Waals surface area contributed by atoms with Gasteiger partial charge in [-0.25, -0.2) is 13.2 Å². The maximum atomic E-state index is 12.8. The molecule has 0 bridgehead atoms. The third-order valence-electron chi connectivity index (χ3n) is 5.28. The lowest BCUT2D eigenvalue weighted by atomic mass is 10.2. The molecule has 170 valence electrons. The fourth-order valence-corrected chi connectivity index (χ4v) is 5.10. The van der Waals surface area contributed by atoms with Crippen LogP contribution in [0.3, 0.4) is 0 Å². The second-order valence-electron chi connectivity index (χ2n) is 7.54. The van der Waals surface area contributed by atoms with Crippen molar-refractivity contribution in [2.24, 2.45) is 0 Å². The van der Waals surface area contributed by atoms with Crippen molar-refractivity contribution in [3.63, 3.8) is 0 Å². The fraction of sp³-hybridized carbons (Fsp3) is 0.364. The van der Waals surface area contributed by atoms with Crippen LogP contribution in [0.25, 0.3) is 0 Å². The first-order valence-electron chi connectivity index (χ1n) is 10.4. The predicted octanol–water partition coefficient (Wildman–Crippen LogP) is 2.78. The molecule has 4 rings (SSSR count). The van der Waals surface area contributed by atoms with Crippen LogP contribution in [0.4, 0.5) is 5.69 Å². The maximum absolute atomic E-state index is 12.8. The summed E-state index contributed by atoms with van der Waals surface area (Å²) >= 11 is 0. The van der Waals surface area contributed by atoms with Crippen molar-refractivity contribution in [1.82, 2.24) is 4.31 Å². The summed E-state index contributed by atoms with van der Waals surface area (Å²) in [6, 6.07) is 10.5. The molecular formula is C22H24N2O7S. The number of carbonyl (C=O) groups is 2. The SMILES string of the molecule is O=C(COC(=O)c1ccc(S(=O)(=O)N2CCCCCC2)cc1)Nc1ccc2c(c1)OCO2. The number of hydrogen-bond donors (Lipinski definition) is 1. The molecule has 2 aromatic rings. The summed E-state index contributed by atoms with van der Waals surface area (Å²) in [7, 11) is -3.59. The Labute approximate surface area is 186 Å². The zero-order valence-electron chi connectivity index (χ0n) is 17.4. The van der Waals surface area contributed by atoms with E-state index in [2.05, 4.69) is 5.32 Å². The van der Waals surface area contributed by atoms with Crippen LogP contribution in [-0.4, -0.2) is 51.1 Å². The standard InChI is InChI=1S/C22H24N2O7S/c25-21(23-17-7-10-19-20(13-17)31-15-30-19)14-29-22(26)16-5-8-18(9-6-16)32(27,28)24-11-3-1-2-4-12-24/h5-10,13H,1-4,11-12,14-15H2,(H,23,25). The van der Waals surface area contributed by atoms with Crippen molar-refractivity contribution < 1.29 is 32.2 Å². The summed E-state index contributed by atoms with van der Waals surface area (Å²) in [5.74, 6) is -0.118. The van der Waals surface area contributed by atoms with Crippen LogP contribution in [0, 0.1) is 0 Å². The Morgan fingerprint density at radius 1 is 0.938 bits per heavy atom. The van der Waals surface area contributed by atoms with Gasteiger partial charge in [0, 0.05) is 24.8 Å². The van der Waals surface area contributed by atoms with E-state index in [4.69, 9.17) is 14.2 Å². The van der Waals surface area contributed by atoms with Crippen molar-refractivity contribution >= 4 is 27.6 Å². The van der Waals surface area contributed by atoms with Crippen molar-refractivity contribution in [2.45, 2.75) is 30.6 Å². The summed E-state index contributed by atoms with van der Waals surface area (Å²) < 4.78 is 42.6. The average Bonchev–Trinajstić information content (AvgIpc) is 3.08. The smallest absolute Gasteiger partial charge is 0.338 e. The van der Waals surface area contributed by atoms with Gasteiger partial charge in [0.15, 0.2) is 18.1 Å². The zero-order valence-corrected chi connectivity index (χ0v) is 18.2. The summed E-state index contributed by atoms with van der Waals surface area (Å²) in [6.07, 6.45) is 3.74. The number of carbonyl (C=O) groups excluding carboxylic acids is 2. The highest BCUT2D eigenvalue weighted by molar-refractivity contribution is 7.89. The molecule has 9 nitrogen and oxygen atoms in total. The molecule has 0 unspecified atom stereocenters. The number of nitrogens with one attached hydrogen (secondary N) is 1. The molecule has 1 saturated heterocycles. The van der Waals surface area contributed by atoms with Crippen LogP contribution in [0.1, 0.15) is 36.0 Å². The predicted molar refractivity (Wildman–Crippen MR) is 115 cm³/mol. The van der Waals surface area contributed by atoms with E-state index in [1.807, 2.05) is 0 Å². The number of anilines is 1. The van der Waals surface area contributed by atoms with Gasteiger partial charge in [0.25, 0.3) is 5.91 Å². The average molecular weight is 461 g/mol. The number of esters is 1. The summed E-state index contributed by atoms with van der Waals surface area (Å²) in [5, 5.41) is 2.61. The van der Waals surface area contributed by atoms with Crippen molar-refractivity contribution in [1.29, 1.82) is 0 Å². The van der Waals surface area contributed by atoms with Gasteiger partial charge in [-0.15, -0.1) is 0 Å². The lowest BCUT2D eigenvalue weighted by Crippen LogP contribution is -2.31. The lowest BCUT2D eigenvalue weighted by Gasteiger charge is -2.19. The molecule has 2 aliphatic heterocycles. The monoisotopic (exact) mass is 460 g/mol. The molecule has 32 heavy (non-hydrogen) atoms. The van der Waals surface area contributed by atoms with Gasteiger partial charge >= 0.3 is 5.97 Å². The van der Waals surface area contributed by atoms with E-state index in [1.54, 1.807) is 18.2 Å². The number of benzene rings is 2. The number of fused-ring (bicyclic) bond motifs is 1. The van der Waals surface area contributed by atoms with Crippen LogP contribution < -0.4 is 14.8 Å². The topological polar surface area (TPSA) is 111 Å². The maximum Gasteiger partial charge on any atom is 0.338 e. The Hall–Kier alpha value is -3.11. The second kappa shape index (κ2) is 9.58. The van der Waals surface area contributed by atoms with Crippen LogP contribution in [-0.2, 0) is 19.6 Å². The van der Waals surface area contributed by atoms with Gasteiger partial charge in [-0.3, -0.25) is 4.79 Å². The number of sulfonamides is 1. The van der Waals surface area contributed by atoms with E-state index in [0.29, 0.717) is 30.3 Å². The summed E-state index contributed by atoms with van der Waals surface area (Å²) in [4.78, 5) is 24.5. The minimum atomic E-state index is -3.59. The highest BCUT2D eigenvalue weighted by Gasteiger charge is 2.25. The first kappa shape index (κ1) is 22.1. The van der Waals surface area contributed by atoms with Crippen LogP contribution in [0.5, 0.6) is 11.5 Å². The molecule has 2 aromatic carbocycles. The molecule has 1 N–H and O–H groups in total. The van der Waals surface area contributed by atoms with E-state index in [-0.39, 0.29) is 17.3 Å². The number of amides is 1. The molecule has 2 heterocycles. The van der Waals surface area contributed by atoms with Gasteiger partial charge in [0.1, 0.15) is 0 Å². The molecule has 1 fully saturated rings. The van der Waals surface area contributed by atoms with Crippen molar-refractivity contribution in [3.05, 3.63) is 48.0 Å². The largest absolute Gasteiger partial charge is 0.454 e. The van der Waals surface area contributed by atoms with Crippen LogP contribution >= 0.6 is 0 Å². The van der Waals surface area contributed by atoms with E-state index >= 15 is 0 Å². The van der Waals surface area contributed by atoms with Gasteiger partial charge in [0.05, 0.1) is 10.5 Å². The van der Waals surface area contributed by atoms with Gasteiger partial charge in [0.2, 0.25) is 16.8 Å². The molecule has 0 spiro atoms. The van der Waals surface area contributed by atoms with Crippen LogP contribution in [0.2, 0.25) is 0 Å². The van der Waals surface area contributed by atoms with Gasteiger partial charge in [-0.05, 0) is 49.2 Å². The molecule has 1 amide bonds. The summed E-state index contributed by atoms with van der Waals surface area (Å²) in [5.41, 5.74) is 0.647. The number of nitrogens with zero attached hydrogens (tertiary/aromatic N) is 1. The number of hydrogen-bond acceptors (Lipinski definition) is 7. The Balaban J connectivity index is 1.32. The van der Waals surface area contributed by atoms with Crippen LogP contribution in [0.15, 0.2) is 47.4 Å². The number of rotatable bonds is 6. The van der Waals surface area contributed by atoms with E-state index in [1.165, 1.54) is 28.6 Å². The molecule has 0 aliphatic carbocycles. The minimum Gasteiger partial charge on any atom is -0.454 e. The molecule has 0 radical (unpaired) electrons. The Bertz CT molecular complexity index is 1090. The lowest BCUT2D eigenvalue weighted by molar-refractivity contribution is -0.119. The van der Waals surface area contributed by atoms with E-state index in [9.17, 15) is 18.0 Å². The third-order valence-corrected chi connectivity index (χ3v) is 7.20. The number of ether oxygens (including phenoxy) is 3. The van der Waals surface area contributed by atoms with E-state index < -0.39 is 28.5 Å². The second-order valence-corrected chi connectivity index (χ2v) is 9.47. The van der Waals surface area contributed by atoms with Gasteiger partial charge in [-0.1, -0.05) is 12.8 Å². The molecule has 10 heteroatoms. The first-order chi connectivity index (χ1) is 15.4. The molecule has 0 aromatic heterocycles. The van der Waals surface area contributed by atoms with E-state index in [0.717, 1.165) is 25.7 Å². The van der Waals surface area contributed by atoms with Gasteiger partial charge in [-0.2, -0.15) is 4.31 Å². The van der Waals surface area contributed by atoms with Gasteiger partial charge < -0.3 is 19.5 Å². The highest BCUT2D eigenvalue weighted by atomic mass is 32.2. The Kier molecular flexibility index (Phi) is 6.61. The first-order valence-corrected chi connectivity index (χ1v) is 11.8. The summed E-state index contributed by atoms with van der Waals surface area (Å²) in [6.45, 7) is 0.652. The molecule has 0 atom stereocenters. The zero-order chi connectivity index (χ0) is 22.6. The normalized spacial score (nSPS) is 16.2. The fourth-order valence-electron chi connectivity index (χ4n) is 3.58. The highest BCUT2D eigenvalue weighted by Crippen LogP contribution is 2.34. The Morgan fingerprint density at radius 2 is 1.62 bits per heavy atom. The minimum absolute atomic E-state index is 0.127. The Morgan fingerprint density at radius 3 is 2.34 bits per heavy atom. The molecular weight excluding hydrogens is 436 g/mol.